The molecule has 2 unspecified atom stereocenters. The van der Waals surface area contributed by atoms with E-state index < -0.39 is 11.7 Å². The molecule has 0 aromatic heterocycles. The molecule has 9 heavy (non-hydrogen) atoms. The highest BCUT2D eigenvalue weighted by molar-refractivity contribution is 4.90. The topological polar surface area (TPSA) is 35.2 Å². The molecule has 0 radical (unpaired) electrons. The molecular formula is C6H12FNO. The Morgan fingerprint density at radius 3 is 2.67 bits per heavy atom. The summed E-state index contributed by atoms with van der Waals surface area (Å²) >= 11 is 0. The van der Waals surface area contributed by atoms with Crippen LogP contribution in [-0.2, 0) is 4.74 Å². The van der Waals surface area contributed by atoms with Crippen molar-refractivity contribution in [3.8, 4) is 0 Å². The third-order valence-corrected chi connectivity index (χ3v) is 1.82. The highest BCUT2D eigenvalue weighted by atomic mass is 19.1. The van der Waals surface area contributed by atoms with Crippen molar-refractivity contribution in [3.63, 3.8) is 0 Å². The van der Waals surface area contributed by atoms with Gasteiger partial charge >= 0.3 is 0 Å². The Bertz CT molecular complexity index is 99.2. The fraction of sp³-hybridized carbons (Fsp3) is 1.00. The summed E-state index contributed by atoms with van der Waals surface area (Å²) in [5.41, 5.74) is 4.13. The second kappa shape index (κ2) is 2.23. The smallest absolute Gasteiger partial charge is 0.151 e. The molecular weight excluding hydrogens is 121 g/mol. The Balaban J connectivity index is 2.51. The van der Waals surface area contributed by atoms with E-state index in [0.29, 0.717) is 13.0 Å². The standard InChI is InChI=1S/C6H12FNO/c1-5(8)6(7)2-3-9-4-6/h5H,2-4,8H2,1H3. The molecule has 1 fully saturated rings. The molecule has 0 aliphatic carbocycles. The molecule has 1 aliphatic rings. The Kier molecular flexibility index (Phi) is 1.73. The van der Waals surface area contributed by atoms with Gasteiger partial charge in [0.1, 0.15) is 0 Å². The molecule has 0 saturated carbocycles. The Morgan fingerprint density at radius 2 is 2.44 bits per heavy atom. The highest BCUT2D eigenvalue weighted by Crippen LogP contribution is 2.25. The van der Waals surface area contributed by atoms with Gasteiger partial charge in [-0.05, 0) is 6.92 Å². The lowest BCUT2D eigenvalue weighted by Crippen LogP contribution is -2.42. The van der Waals surface area contributed by atoms with Crippen molar-refractivity contribution < 1.29 is 9.13 Å². The van der Waals surface area contributed by atoms with Gasteiger partial charge in [-0.25, -0.2) is 4.39 Å². The lowest BCUT2D eigenvalue weighted by atomic mass is 9.98. The number of hydrogen-bond acceptors (Lipinski definition) is 2. The van der Waals surface area contributed by atoms with Gasteiger partial charge in [0.15, 0.2) is 5.67 Å². The SMILES string of the molecule is CC(N)C1(F)CCOC1. The maximum absolute atomic E-state index is 13.2. The summed E-state index contributed by atoms with van der Waals surface area (Å²) in [4.78, 5) is 0. The van der Waals surface area contributed by atoms with E-state index in [4.69, 9.17) is 10.5 Å². The zero-order valence-electron chi connectivity index (χ0n) is 5.56. The van der Waals surface area contributed by atoms with Gasteiger partial charge in [0.2, 0.25) is 0 Å². The number of rotatable bonds is 1. The minimum atomic E-state index is -1.25. The van der Waals surface area contributed by atoms with E-state index in [1.807, 2.05) is 0 Å². The first kappa shape index (κ1) is 6.96. The maximum Gasteiger partial charge on any atom is 0.151 e. The molecule has 0 aromatic rings. The van der Waals surface area contributed by atoms with Crippen LogP contribution in [0.4, 0.5) is 4.39 Å². The van der Waals surface area contributed by atoms with Gasteiger partial charge in [-0.2, -0.15) is 0 Å². The van der Waals surface area contributed by atoms with Crippen LogP contribution < -0.4 is 5.73 Å². The van der Waals surface area contributed by atoms with Crippen molar-refractivity contribution in [3.05, 3.63) is 0 Å². The van der Waals surface area contributed by atoms with Crippen LogP contribution in [0.1, 0.15) is 13.3 Å². The average Bonchev–Trinajstić information content (AvgIpc) is 2.16. The minimum absolute atomic E-state index is 0.171. The van der Waals surface area contributed by atoms with Gasteiger partial charge in [0, 0.05) is 19.1 Å². The van der Waals surface area contributed by atoms with E-state index in [1.165, 1.54) is 0 Å². The van der Waals surface area contributed by atoms with Crippen LogP contribution in [-0.4, -0.2) is 24.9 Å². The summed E-state index contributed by atoms with van der Waals surface area (Å²) in [6, 6.07) is -0.403. The summed E-state index contributed by atoms with van der Waals surface area (Å²) in [6.45, 7) is 2.36. The van der Waals surface area contributed by atoms with Crippen LogP contribution >= 0.6 is 0 Å². The Labute approximate surface area is 54.2 Å². The molecule has 0 bridgehead atoms. The molecule has 3 heteroatoms. The highest BCUT2D eigenvalue weighted by Gasteiger charge is 2.38. The normalized spacial score (nSPS) is 39.0. The van der Waals surface area contributed by atoms with Crippen molar-refractivity contribution in [2.75, 3.05) is 13.2 Å². The number of alkyl halides is 1. The summed E-state index contributed by atoms with van der Waals surface area (Å²) in [5, 5.41) is 0. The van der Waals surface area contributed by atoms with Crippen LogP contribution in [0.15, 0.2) is 0 Å². The largest absolute Gasteiger partial charge is 0.378 e. The zero-order valence-corrected chi connectivity index (χ0v) is 5.56. The Morgan fingerprint density at radius 1 is 1.78 bits per heavy atom. The first-order valence-electron chi connectivity index (χ1n) is 3.17. The van der Waals surface area contributed by atoms with Gasteiger partial charge in [-0.15, -0.1) is 0 Å². The van der Waals surface area contributed by atoms with E-state index in [0.717, 1.165) is 0 Å². The molecule has 0 amide bonds. The quantitative estimate of drug-likeness (QED) is 0.564. The van der Waals surface area contributed by atoms with Gasteiger partial charge in [-0.1, -0.05) is 0 Å². The lowest BCUT2D eigenvalue weighted by Gasteiger charge is -2.20. The van der Waals surface area contributed by atoms with Crippen molar-refractivity contribution in [1.82, 2.24) is 0 Å². The number of ether oxygens (including phenoxy) is 1. The molecule has 1 rings (SSSR count). The lowest BCUT2D eigenvalue weighted by molar-refractivity contribution is 0.0946. The van der Waals surface area contributed by atoms with Gasteiger partial charge in [-0.3, -0.25) is 0 Å². The first-order valence-corrected chi connectivity index (χ1v) is 3.17. The number of nitrogens with two attached hydrogens (primary N) is 1. The summed E-state index contributed by atoms with van der Waals surface area (Å²) in [6.07, 6.45) is 0.449. The van der Waals surface area contributed by atoms with Crippen molar-refractivity contribution in [2.24, 2.45) is 5.73 Å². The second-order valence-corrected chi connectivity index (χ2v) is 2.63. The van der Waals surface area contributed by atoms with Crippen molar-refractivity contribution in [2.45, 2.75) is 25.1 Å². The number of halogens is 1. The van der Waals surface area contributed by atoms with E-state index in [1.54, 1.807) is 6.92 Å². The molecule has 2 nitrogen and oxygen atoms in total. The summed E-state index contributed by atoms with van der Waals surface area (Å²) < 4.78 is 18.1. The third-order valence-electron chi connectivity index (χ3n) is 1.82. The monoisotopic (exact) mass is 133 g/mol. The summed E-state index contributed by atoms with van der Waals surface area (Å²) in [5.74, 6) is 0. The van der Waals surface area contributed by atoms with E-state index in [-0.39, 0.29) is 6.61 Å². The van der Waals surface area contributed by atoms with E-state index in [9.17, 15) is 4.39 Å². The minimum Gasteiger partial charge on any atom is -0.378 e. The number of hydrogen-bond donors (Lipinski definition) is 1. The molecule has 1 saturated heterocycles. The second-order valence-electron chi connectivity index (χ2n) is 2.63. The molecule has 1 heterocycles. The van der Waals surface area contributed by atoms with E-state index >= 15 is 0 Å². The fourth-order valence-electron chi connectivity index (χ4n) is 0.915. The first-order chi connectivity index (χ1) is 4.15. The predicted octanol–water partition coefficient (Wildman–Crippen LogP) is 0.462. The van der Waals surface area contributed by atoms with Gasteiger partial charge in [0.25, 0.3) is 0 Å². The van der Waals surface area contributed by atoms with Crippen LogP contribution in [0.5, 0.6) is 0 Å². The van der Waals surface area contributed by atoms with Crippen molar-refractivity contribution in [1.29, 1.82) is 0 Å². The molecule has 2 N–H and O–H groups in total. The average molecular weight is 133 g/mol. The molecule has 2 atom stereocenters. The molecule has 0 spiro atoms. The van der Waals surface area contributed by atoms with Crippen LogP contribution in [0.2, 0.25) is 0 Å². The van der Waals surface area contributed by atoms with E-state index in [2.05, 4.69) is 0 Å². The van der Waals surface area contributed by atoms with Gasteiger partial charge < -0.3 is 10.5 Å². The fourth-order valence-corrected chi connectivity index (χ4v) is 0.915. The summed E-state index contributed by atoms with van der Waals surface area (Å²) in [7, 11) is 0. The zero-order chi connectivity index (χ0) is 6.91. The van der Waals surface area contributed by atoms with Crippen LogP contribution in [0.3, 0.4) is 0 Å². The molecule has 1 aliphatic heterocycles. The molecule has 54 valence electrons. The maximum atomic E-state index is 13.2. The predicted molar refractivity (Wildman–Crippen MR) is 32.9 cm³/mol. The molecule has 0 aromatic carbocycles. The Hall–Kier alpha value is -0.150. The van der Waals surface area contributed by atoms with Gasteiger partial charge in [0.05, 0.1) is 6.61 Å². The van der Waals surface area contributed by atoms with Crippen LogP contribution in [0, 0.1) is 0 Å². The van der Waals surface area contributed by atoms with Crippen molar-refractivity contribution >= 4 is 0 Å². The van der Waals surface area contributed by atoms with Crippen LogP contribution in [0.25, 0.3) is 0 Å². The third kappa shape index (κ3) is 1.22.